The molecule has 0 saturated carbocycles. The Morgan fingerprint density at radius 1 is 1.14 bits per heavy atom. The minimum Gasteiger partial charge on any atom is -0.356 e. The number of hydrogen-bond acceptors (Lipinski definition) is 4. The van der Waals surface area contributed by atoms with Crippen LogP contribution in [0.25, 0.3) is 11.3 Å². The van der Waals surface area contributed by atoms with Gasteiger partial charge in [-0.25, -0.2) is 0 Å². The maximum Gasteiger partial charge on any atom is 0.167 e. The number of Topliss-reactive ketones (excluding diaryl/α,β-unsaturated/α-hetero) is 1. The molecule has 0 amide bonds. The first-order chi connectivity index (χ1) is 14.1. The number of hydrogen-bond donors (Lipinski definition) is 2. The molecule has 4 rings (SSSR count). The number of ketones is 1. The number of para-hydroxylation sites is 1. The van der Waals surface area contributed by atoms with E-state index in [4.69, 9.17) is 0 Å². The van der Waals surface area contributed by atoms with Gasteiger partial charge in [0.25, 0.3) is 0 Å². The minimum atomic E-state index is 0.186. The number of nitrogens with zero attached hydrogens (tertiary/aromatic N) is 1. The first-order valence-electron chi connectivity index (χ1n) is 9.94. The molecule has 2 heterocycles. The quantitative estimate of drug-likeness (QED) is 0.513. The van der Waals surface area contributed by atoms with E-state index < -0.39 is 0 Å². The van der Waals surface area contributed by atoms with Crippen molar-refractivity contribution in [3.8, 4) is 11.3 Å². The first kappa shape index (κ1) is 19.5. The van der Waals surface area contributed by atoms with E-state index in [1.807, 2.05) is 42.5 Å². The standard InChI is InChI=1S/C24H25N3OS/c1-16(2)29-13-10-17-14-20-22(21(28)15-17)24(26-19-6-4-3-5-7-19)23(27-20)18-8-11-25-12-9-18/h3-13,16-17,26-27H,14-15H2,1-2H3/b13-10+. The lowest BCUT2D eigenvalue weighted by molar-refractivity contribution is 0.0960. The molecule has 148 valence electrons. The summed E-state index contributed by atoms with van der Waals surface area (Å²) in [5.41, 5.74) is 5.59. The Balaban J connectivity index is 1.72. The Kier molecular flexibility index (Phi) is 5.86. The summed E-state index contributed by atoms with van der Waals surface area (Å²) in [6, 6.07) is 13.9. The Labute approximate surface area is 175 Å². The highest BCUT2D eigenvalue weighted by atomic mass is 32.2. The number of aromatic amines is 1. The van der Waals surface area contributed by atoms with Crippen molar-refractivity contribution in [3.63, 3.8) is 0 Å². The molecule has 2 aromatic heterocycles. The number of thioether (sulfide) groups is 1. The summed E-state index contributed by atoms with van der Waals surface area (Å²) in [5.74, 6) is 0.417. The maximum atomic E-state index is 13.1. The van der Waals surface area contributed by atoms with Gasteiger partial charge >= 0.3 is 0 Å². The summed E-state index contributed by atoms with van der Waals surface area (Å²) in [5, 5.41) is 6.18. The summed E-state index contributed by atoms with van der Waals surface area (Å²) in [6.45, 7) is 4.35. The molecule has 1 unspecified atom stereocenters. The predicted octanol–water partition coefficient (Wildman–Crippen LogP) is 6.22. The van der Waals surface area contributed by atoms with E-state index in [1.54, 1.807) is 24.2 Å². The lowest BCUT2D eigenvalue weighted by Crippen LogP contribution is -2.18. The second kappa shape index (κ2) is 8.70. The molecule has 0 bridgehead atoms. The van der Waals surface area contributed by atoms with Gasteiger partial charge in [-0.15, -0.1) is 11.8 Å². The number of carbonyl (C=O) groups is 1. The summed E-state index contributed by atoms with van der Waals surface area (Å²) in [6.07, 6.45) is 7.11. The zero-order chi connectivity index (χ0) is 20.2. The Bertz CT molecular complexity index is 1010. The Hall–Kier alpha value is -2.79. The van der Waals surface area contributed by atoms with Gasteiger partial charge in [-0.3, -0.25) is 9.78 Å². The van der Waals surface area contributed by atoms with E-state index in [9.17, 15) is 4.79 Å². The average molecular weight is 404 g/mol. The van der Waals surface area contributed by atoms with E-state index in [2.05, 4.69) is 40.6 Å². The smallest absolute Gasteiger partial charge is 0.167 e. The SMILES string of the molecule is CC(C)S/C=C/C1CC(=O)c2c([nH]c(-c3ccncc3)c2Nc2ccccc2)C1. The van der Waals surface area contributed by atoms with E-state index in [0.29, 0.717) is 11.7 Å². The van der Waals surface area contributed by atoms with Gasteiger partial charge in [0.1, 0.15) is 0 Å². The molecule has 0 radical (unpaired) electrons. The highest BCUT2D eigenvalue weighted by molar-refractivity contribution is 8.02. The number of aromatic nitrogens is 2. The molecule has 0 saturated heterocycles. The van der Waals surface area contributed by atoms with Crippen LogP contribution in [0.5, 0.6) is 0 Å². The summed E-state index contributed by atoms with van der Waals surface area (Å²) >= 11 is 1.79. The number of rotatable bonds is 6. The minimum absolute atomic E-state index is 0.186. The summed E-state index contributed by atoms with van der Waals surface area (Å²) in [7, 11) is 0. The predicted molar refractivity (Wildman–Crippen MR) is 122 cm³/mol. The monoisotopic (exact) mass is 403 g/mol. The molecule has 0 aliphatic heterocycles. The third kappa shape index (κ3) is 4.46. The highest BCUT2D eigenvalue weighted by Crippen LogP contribution is 2.40. The average Bonchev–Trinajstić information content (AvgIpc) is 3.08. The van der Waals surface area contributed by atoms with Crippen molar-refractivity contribution in [1.29, 1.82) is 0 Å². The third-order valence-electron chi connectivity index (χ3n) is 4.98. The molecular weight excluding hydrogens is 378 g/mol. The molecule has 5 heteroatoms. The Morgan fingerprint density at radius 2 is 1.90 bits per heavy atom. The molecule has 3 aromatic rings. The number of H-pyrrole nitrogens is 1. The van der Waals surface area contributed by atoms with Gasteiger partial charge in [-0.05, 0) is 42.0 Å². The second-order valence-electron chi connectivity index (χ2n) is 7.56. The van der Waals surface area contributed by atoms with Gasteiger partial charge in [-0.1, -0.05) is 38.1 Å². The molecule has 29 heavy (non-hydrogen) atoms. The molecule has 4 nitrogen and oxygen atoms in total. The molecule has 2 N–H and O–H groups in total. The van der Waals surface area contributed by atoms with Crippen LogP contribution in [0.4, 0.5) is 11.4 Å². The van der Waals surface area contributed by atoms with E-state index in [-0.39, 0.29) is 11.7 Å². The van der Waals surface area contributed by atoms with E-state index in [0.717, 1.165) is 40.3 Å². The van der Waals surface area contributed by atoms with Crippen molar-refractivity contribution < 1.29 is 4.79 Å². The van der Waals surface area contributed by atoms with Crippen LogP contribution in [0.3, 0.4) is 0 Å². The largest absolute Gasteiger partial charge is 0.356 e. The van der Waals surface area contributed by atoms with E-state index in [1.165, 1.54) is 0 Å². The maximum absolute atomic E-state index is 13.1. The van der Waals surface area contributed by atoms with Crippen LogP contribution >= 0.6 is 11.8 Å². The fourth-order valence-corrected chi connectivity index (χ4v) is 4.29. The molecule has 1 aliphatic rings. The van der Waals surface area contributed by atoms with Gasteiger partial charge in [0.05, 0.1) is 16.9 Å². The first-order valence-corrected chi connectivity index (χ1v) is 10.9. The topological polar surface area (TPSA) is 57.8 Å². The van der Waals surface area contributed by atoms with Gasteiger partial charge in [0.15, 0.2) is 5.78 Å². The third-order valence-corrected chi connectivity index (χ3v) is 5.84. The van der Waals surface area contributed by atoms with Crippen molar-refractivity contribution in [2.75, 3.05) is 5.32 Å². The number of pyridine rings is 1. The summed E-state index contributed by atoms with van der Waals surface area (Å²) < 4.78 is 0. The van der Waals surface area contributed by atoms with Crippen molar-refractivity contribution in [1.82, 2.24) is 9.97 Å². The number of fused-ring (bicyclic) bond motifs is 1. The van der Waals surface area contributed by atoms with Gasteiger partial charge in [-0.2, -0.15) is 0 Å². The van der Waals surface area contributed by atoms with Crippen molar-refractivity contribution in [2.24, 2.45) is 5.92 Å². The fraction of sp³-hybridized carbons (Fsp3) is 0.250. The molecular formula is C24H25N3OS. The van der Waals surface area contributed by atoms with Crippen LogP contribution < -0.4 is 5.32 Å². The number of allylic oxidation sites excluding steroid dienone is 1. The van der Waals surface area contributed by atoms with Crippen LogP contribution in [-0.4, -0.2) is 21.0 Å². The van der Waals surface area contributed by atoms with Crippen LogP contribution in [0.1, 0.15) is 36.3 Å². The fourth-order valence-electron chi connectivity index (χ4n) is 3.66. The zero-order valence-corrected chi connectivity index (χ0v) is 17.5. The van der Waals surface area contributed by atoms with Crippen LogP contribution in [0.15, 0.2) is 66.3 Å². The van der Waals surface area contributed by atoms with Gasteiger partial charge in [0.2, 0.25) is 0 Å². The van der Waals surface area contributed by atoms with Gasteiger partial charge in [0, 0.05) is 41.0 Å². The number of nitrogens with one attached hydrogen (secondary N) is 2. The number of carbonyl (C=O) groups excluding carboxylic acids is 1. The highest BCUT2D eigenvalue weighted by Gasteiger charge is 2.30. The molecule has 1 aromatic carbocycles. The van der Waals surface area contributed by atoms with Crippen LogP contribution in [-0.2, 0) is 6.42 Å². The molecule has 1 aliphatic carbocycles. The van der Waals surface area contributed by atoms with Crippen molar-refractivity contribution in [3.05, 3.63) is 77.6 Å². The normalized spacial score (nSPS) is 16.4. The molecule has 1 atom stereocenters. The van der Waals surface area contributed by atoms with Crippen molar-refractivity contribution in [2.45, 2.75) is 31.9 Å². The second-order valence-corrected chi connectivity index (χ2v) is 9.05. The zero-order valence-electron chi connectivity index (χ0n) is 16.7. The lowest BCUT2D eigenvalue weighted by Gasteiger charge is -2.19. The number of anilines is 2. The number of benzene rings is 1. The van der Waals surface area contributed by atoms with Crippen molar-refractivity contribution >= 4 is 28.9 Å². The molecule has 0 fully saturated rings. The van der Waals surface area contributed by atoms with E-state index >= 15 is 0 Å². The summed E-state index contributed by atoms with van der Waals surface area (Å²) in [4.78, 5) is 20.8. The van der Waals surface area contributed by atoms with Gasteiger partial charge < -0.3 is 10.3 Å². The lowest BCUT2D eigenvalue weighted by atomic mass is 9.86. The van der Waals surface area contributed by atoms with Crippen LogP contribution in [0, 0.1) is 5.92 Å². The van der Waals surface area contributed by atoms with Crippen LogP contribution in [0.2, 0.25) is 0 Å². The Morgan fingerprint density at radius 3 is 2.62 bits per heavy atom. The molecule has 0 spiro atoms.